The quantitative estimate of drug-likeness (QED) is 0.857. The van der Waals surface area contributed by atoms with Gasteiger partial charge in [-0.25, -0.2) is 0 Å². The van der Waals surface area contributed by atoms with Gasteiger partial charge in [-0.15, -0.1) is 0 Å². The van der Waals surface area contributed by atoms with Gasteiger partial charge in [0.2, 0.25) is 0 Å². The minimum Gasteiger partial charge on any atom is -0.490 e. The maximum Gasteiger partial charge on any atom is 0.119 e. The van der Waals surface area contributed by atoms with E-state index < -0.39 is 0 Å². The molecule has 2 heterocycles. The fraction of sp³-hybridized carbons (Fsp3) is 0.412. The summed E-state index contributed by atoms with van der Waals surface area (Å²) in [6.07, 6.45) is 6.51. The van der Waals surface area contributed by atoms with Crippen molar-refractivity contribution in [1.29, 1.82) is 0 Å². The van der Waals surface area contributed by atoms with Gasteiger partial charge >= 0.3 is 0 Å². The highest BCUT2D eigenvalue weighted by atomic mass is 35.5. The van der Waals surface area contributed by atoms with Crippen LogP contribution < -0.4 is 4.74 Å². The van der Waals surface area contributed by atoms with E-state index in [-0.39, 0.29) is 0 Å². The molecule has 1 aliphatic rings. The molecule has 1 aliphatic heterocycles. The van der Waals surface area contributed by atoms with Crippen LogP contribution in [0.5, 0.6) is 5.75 Å². The minimum absolute atomic E-state index is 0.357. The average Bonchev–Trinajstić information content (AvgIpc) is 2.89. The molecule has 2 aromatic rings. The molecule has 1 aromatic carbocycles. The highest BCUT2D eigenvalue weighted by Gasteiger charge is 2.17. The Morgan fingerprint density at radius 1 is 1.14 bits per heavy atom. The number of ether oxygens (including phenoxy) is 1. The monoisotopic (exact) mass is 304 g/mol. The zero-order valence-corrected chi connectivity index (χ0v) is 13.1. The third-order valence-corrected chi connectivity index (χ3v) is 4.19. The summed E-state index contributed by atoms with van der Waals surface area (Å²) in [6, 6.07) is 10.3. The molecule has 21 heavy (non-hydrogen) atoms. The Bertz CT molecular complexity index is 571. The summed E-state index contributed by atoms with van der Waals surface area (Å²) in [4.78, 5) is 2.35. The lowest BCUT2D eigenvalue weighted by Gasteiger charge is -2.29. The fourth-order valence-electron chi connectivity index (χ4n) is 2.69. The summed E-state index contributed by atoms with van der Waals surface area (Å²) < 4.78 is 8.14. The van der Waals surface area contributed by atoms with Crippen molar-refractivity contribution in [1.82, 2.24) is 9.47 Å². The minimum atomic E-state index is 0.357. The Labute approximate surface area is 131 Å². The molecule has 0 bridgehead atoms. The molecule has 3 nitrogen and oxygen atoms in total. The van der Waals surface area contributed by atoms with Crippen LogP contribution in [0.3, 0.4) is 0 Å². The molecule has 0 amide bonds. The second-order valence-electron chi connectivity index (χ2n) is 5.77. The topological polar surface area (TPSA) is 17.4 Å². The molecule has 0 saturated carbocycles. The first-order valence-electron chi connectivity index (χ1n) is 7.44. The normalized spacial score (nSPS) is 17.0. The average molecular weight is 305 g/mol. The van der Waals surface area contributed by atoms with Crippen molar-refractivity contribution in [2.24, 2.45) is 0 Å². The van der Waals surface area contributed by atoms with Crippen LogP contribution in [0.2, 0.25) is 5.02 Å². The van der Waals surface area contributed by atoms with Crippen molar-refractivity contribution in [2.45, 2.75) is 25.5 Å². The van der Waals surface area contributed by atoms with Gasteiger partial charge < -0.3 is 14.2 Å². The van der Waals surface area contributed by atoms with Gasteiger partial charge in [-0.1, -0.05) is 23.7 Å². The number of rotatable bonds is 4. The lowest BCUT2D eigenvalue weighted by molar-refractivity contribution is 0.114. The predicted octanol–water partition coefficient (Wildman–Crippen LogP) is 3.66. The number of halogens is 1. The van der Waals surface area contributed by atoms with Gasteiger partial charge in [0.1, 0.15) is 11.9 Å². The molecule has 0 unspecified atom stereocenters. The molecule has 0 N–H and O–H groups in total. The van der Waals surface area contributed by atoms with E-state index >= 15 is 0 Å². The molecular formula is C17H21ClN2O. The third-order valence-electron chi connectivity index (χ3n) is 3.97. The van der Waals surface area contributed by atoms with Crippen LogP contribution in [0.25, 0.3) is 0 Å². The molecular weight excluding hydrogens is 284 g/mol. The van der Waals surface area contributed by atoms with Crippen LogP contribution in [-0.4, -0.2) is 35.7 Å². The Morgan fingerprint density at radius 3 is 2.48 bits per heavy atom. The standard InChI is InChI=1S/C17H21ClN2O/c1-19-9-7-17(8-10-19)21-16-4-2-14(3-5-16)12-20-11-6-15(18)13-20/h2-6,11,13,17H,7-10,12H2,1H3. The van der Waals surface area contributed by atoms with Crippen molar-refractivity contribution < 1.29 is 4.74 Å². The molecule has 1 aromatic heterocycles. The molecule has 4 heteroatoms. The predicted molar refractivity (Wildman–Crippen MR) is 86.1 cm³/mol. The number of piperidine rings is 1. The molecule has 0 radical (unpaired) electrons. The SMILES string of the molecule is CN1CCC(Oc2ccc(Cn3ccc(Cl)c3)cc2)CC1. The molecule has 0 spiro atoms. The van der Waals surface area contributed by atoms with E-state index in [1.54, 1.807) is 0 Å². The Morgan fingerprint density at radius 2 is 1.86 bits per heavy atom. The Kier molecular flexibility index (Phi) is 4.51. The number of likely N-dealkylation sites (tertiary alicyclic amines) is 1. The third kappa shape index (κ3) is 4.02. The fourth-order valence-corrected chi connectivity index (χ4v) is 2.87. The molecule has 112 valence electrons. The smallest absolute Gasteiger partial charge is 0.119 e. The molecule has 0 aliphatic carbocycles. The van der Waals surface area contributed by atoms with E-state index in [4.69, 9.17) is 16.3 Å². The van der Waals surface area contributed by atoms with Crippen molar-refractivity contribution in [2.75, 3.05) is 20.1 Å². The zero-order chi connectivity index (χ0) is 14.7. The second kappa shape index (κ2) is 6.54. The first-order valence-corrected chi connectivity index (χ1v) is 7.82. The number of benzene rings is 1. The van der Waals surface area contributed by atoms with Gasteiger partial charge in [-0.05, 0) is 43.7 Å². The second-order valence-corrected chi connectivity index (χ2v) is 6.20. The van der Waals surface area contributed by atoms with Gasteiger partial charge in [-0.3, -0.25) is 0 Å². The highest BCUT2D eigenvalue weighted by Crippen LogP contribution is 2.20. The molecule has 0 atom stereocenters. The first-order chi connectivity index (χ1) is 10.2. The van der Waals surface area contributed by atoms with Gasteiger partial charge in [-0.2, -0.15) is 0 Å². The number of hydrogen-bond acceptors (Lipinski definition) is 2. The van der Waals surface area contributed by atoms with Crippen LogP contribution in [0.4, 0.5) is 0 Å². The van der Waals surface area contributed by atoms with Crippen molar-refractivity contribution >= 4 is 11.6 Å². The summed E-state index contributed by atoms with van der Waals surface area (Å²) >= 11 is 5.93. The van der Waals surface area contributed by atoms with Crippen LogP contribution in [-0.2, 0) is 6.54 Å². The maximum atomic E-state index is 6.06. The van der Waals surface area contributed by atoms with Gasteiger partial charge in [0.15, 0.2) is 0 Å². The summed E-state index contributed by atoms with van der Waals surface area (Å²) in [5, 5.41) is 0.775. The largest absolute Gasteiger partial charge is 0.490 e. The van der Waals surface area contributed by atoms with E-state index in [1.165, 1.54) is 5.56 Å². The van der Waals surface area contributed by atoms with Crippen molar-refractivity contribution in [3.8, 4) is 5.75 Å². The summed E-state index contributed by atoms with van der Waals surface area (Å²) in [6.45, 7) is 3.08. The van der Waals surface area contributed by atoms with Crippen LogP contribution in [0.1, 0.15) is 18.4 Å². The summed E-state index contributed by atoms with van der Waals surface area (Å²) in [5.74, 6) is 0.971. The summed E-state index contributed by atoms with van der Waals surface area (Å²) in [7, 11) is 2.17. The molecule has 3 rings (SSSR count). The Hall–Kier alpha value is -1.45. The molecule has 1 fully saturated rings. The first kappa shape index (κ1) is 14.5. The molecule has 1 saturated heterocycles. The number of hydrogen-bond donors (Lipinski definition) is 0. The lowest BCUT2D eigenvalue weighted by Crippen LogP contribution is -2.35. The number of aromatic nitrogens is 1. The van der Waals surface area contributed by atoms with E-state index in [0.29, 0.717) is 6.10 Å². The van der Waals surface area contributed by atoms with Crippen LogP contribution in [0.15, 0.2) is 42.7 Å². The van der Waals surface area contributed by atoms with E-state index in [9.17, 15) is 0 Å². The van der Waals surface area contributed by atoms with Gasteiger partial charge in [0.05, 0.1) is 5.02 Å². The van der Waals surface area contributed by atoms with E-state index in [2.05, 4.69) is 40.8 Å². The van der Waals surface area contributed by atoms with Crippen molar-refractivity contribution in [3.63, 3.8) is 0 Å². The Balaban J connectivity index is 1.56. The van der Waals surface area contributed by atoms with Crippen molar-refractivity contribution in [3.05, 3.63) is 53.3 Å². The number of nitrogens with zero attached hydrogens (tertiary/aromatic N) is 2. The summed E-state index contributed by atoms with van der Waals surface area (Å²) in [5.41, 5.74) is 1.25. The van der Waals surface area contributed by atoms with Crippen LogP contribution >= 0.6 is 11.6 Å². The zero-order valence-electron chi connectivity index (χ0n) is 12.3. The van der Waals surface area contributed by atoms with E-state index in [1.807, 2.05) is 18.5 Å². The maximum absolute atomic E-state index is 6.06. The van der Waals surface area contributed by atoms with Crippen LogP contribution in [0, 0.1) is 0 Å². The van der Waals surface area contributed by atoms with Gasteiger partial charge in [0, 0.05) is 32.0 Å². The lowest BCUT2D eigenvalue weighted by atomic mass is 10.1. The highest BCUT2D eigenvalue weighted by molar-refractivity contribution is 6.30. The van der Waals surface area contributed by atoms with E-state index in [0.717, 1.165) is 43.2 Å². The van der Waals surface area contributed by atoms with Gasteiger partial charge in [0.25, 0.3) is 0 Å².